The van der Waals surface area contributed by atoms with Crippen LogP contribution in [0.2, 0.25) is 0 Å². The minimum Gasteiger partial charge on any atom is -0.457 e. The summed E-state index contributed by atoms with van der Waals surface area (Å²) >= 11 is 0. The lowest BCUT2D eigenvalue weighted by Crippen LogP contribution is -2.64. The van der Waals surface area contributed by atoms with Gasteiger partial charge < -0.3 is 58.1 Å². The fourth-order valence-electron chi connectivity index (χ4n) is 24.7. The van der Waals surface area contributed by atoms with Gasteiger partial charge in [-0.25, -0.2) is 0 Å². The molecule has 4 unspecified atom stereocenters. The van der Waals surface area contributed by atoms with Crippen LogP contribution in [-0.2, 0) is 0 Å². The molecule has 0 aromatic heterocycles. The maximum atomic E-state index is 7.55. The zero-order valence-electron chi connectivity index (χ0n) is 76.2. The first-order valence-corrected chi connectivity index (χ1v) is 55.3. The molecule has 20 aromatic rings. The van der Waals surface area contributed by atoms with Gasteiger partial charge in [0.2, 0.25) is 0 Å². The number of benzene rings is 20. The SMILES string of the molecule is C.C.CCC.CCC.c1ccc(N2c3cccc4c3[SiH]3c5c2cccc5N(c2ccccc2)c2c3c(cc3c5c6c(cc23)Oc2cccc3c2[SiH]6c2c(cccc2N5c2ccccc2)N3c2ccccc2)O4)cc1.c1ccc(N2c3cccc4c3[SiH]3c5c2cccc5N(c2ccccc2)c2cc5c6c7c(cc5c(c23)O4)Oc2cccc3c2[SiH]7c2c(cccc2N6c2ccccc2)N3c2ccccc2)cc1. The summed E-state index contributed by atoms with van der Waals surface area (Å²) in [6.07, 6.45) is 2.50. The topological polar surface area (TPSA) is 62.8 Å². The average molecular weight is 1870 g/mol. The molecule has 12 aliphatic heterocycles. The van der Waals surface area contributed by atoms with E-state index in [4.69, 9.17) is 18.9 Å². The Bertz CT molecular complexity index is 7930. The lowest BCUT2D eigenvalue weighted by Gasteiger charge is -2.49. The van der Waals surface area contributed by atoms with Crippen molar-refractivity contribution in [2.24, 2.45) is 0 Å². The van der Waals surface area contributed by atoms with Crippen LogP contribution in [0, 0.1) is 0 Å². The number of para-hydroxylation sites is 8. The molecule has 140 heavy (non-hydrogen) atoms. The smallest absolute Gasteiger partial charge is 0.153 e. The molecule has 0 radical (unpaired) electrons. The molecule has 4 atom stereocenters. The second-order valence-corrected chi connectivity index (χ2v) is 47.6. The highest BCUT2D eigenvalue weighted by atomic mass is 28.3. The summed E-state index contributed by atoms with van der Waals surface area (Å²) in [5, 5.41) is 20.9. The monoisotopic (exact) mass is 1870 g/mol. The van der Waals surface area contributed by atoms with Gasteiger partial charge in [0.05, 0.1) is 22.7 Å². The highest BCUT2D eigenvalue weighted by Crippen LogP contribution is 2.60. The van der Waals surface area contributed by atoms with Crippen molar-refractivity contribution in [3.8, 4) is 46.0 Å². The Labute approximate surface area is 821 Å². The second kappa shape index (κ2) is 32.0. The Hall–Kier alpha value is -16.6. The standard InChI is InChI=1S/2C58H36N4O2Si2.2C3H8.2CH4/c1-5-17-35(18-6-1)59-41-25-13-27-43-53(41)65-55-45(59)29-15-31-47(55)63-49-33-40-39(51(57(49)65)61(43)37-21-9-3-10-22-37)34-50-58-52(40)62(38-23-11-4-12-24-38)44-28-14-26-42-54(44)66(58)56-46(30-16-32-48(56)64-50)60(42)36-19-7-2-8-20-36;1-5-17-35(18-6-1)59-41-25-13-27-43-53(41)65-56-46(59)30-16-32-49(56)64-52-40-34-50-58-51(39(40)33-47(57(52)65)61(43)37-21-9-3-10-22-37)62(38-23-11-4-12-24-38)44-28-14-26-42-54(44)66(58)55-45(29-15-31-48(55)63-50)60(42)36-19-7-2-8-20-36;2*1-3-2;;/h2*1-34,65-66H;2*3H2,1-2H3;2*1H4. The van der Waals surface area contributed by atoms with E-state index in [0.29, 0.717) is 0 Å². The molecule has 0 saturated heterocycles. The van der Waals surface area contributed by atoms with Crippen molar-refractivity contribution in [2.75, 3.05) is 39.2 Å². The molecule has 12 aliphatic rings. The van der Waals surface area contributed by atoms with Crippen molar-refractivity contribution in [3.05, 3.63) is 413 Å². The predicted molar refractivity (Wildman–Crippen MR) is 595 cm³/mol. The van der Waals surface area contributed by atoms with Crippen molar-refractivity contribution >= 4 is 255 Å². The van der Waals surface area contributed by atoms with Crippen LogP contribution in [0.5, 0.6) is 46.0 Å². The van der Waals surface area contributed by atoms with Crippen molar-refractivity contribution in [1.29, 1.82) is 0 Å². The van der Waals surface area contributed by atoms with Crippen LogP contribution in [0.25, 0.3) is 21.5 Å². The van der Waals surface area contributed by atoms with Crippen LogP contribution in [0.15, 0.2) is 413 Å². The third-order valence-corrected chi connectivity index (χ3v) is 43.3. The number of hydrogen-bond donors (Lipinski definition) is 0. The first-order valence-electron chi connectivity index (χ1n) is 48.3. The lowest BCUT2D eigenvalue weighted by atomic mass is 9.99. The molecule has 0 saturated carbocycles. The molecule has 16 heteroatoms. The van der Waals surface area contributed by atoms with Gasteiger partial charge in [-0.1, -0.05) is 250 Å². The zero-order valence-corrected chi connectivity index (χ0v) is 80.8. The van der Waals surface area contributed by atoms with Gasteiger partial charge in [-0.05, 0) is 239 Å². The molecule has 0 N–H and O–H groups in total. The fraction of sp³-hybridized carbons (Fsp3) is 0.0645. The maximum Gasteiger partial charge on any atom is 0.153 e. The zero-order chi connectivity index (χ0) is 91.0. The molecule has 20 aromatic carbocycles. The van der Waals surface area contributed by atoms with Gasteiger partial charge in [-0.2, -0.15) is 0 Å². The molecule has 0 bridgehead atoms. The number of anilines is 24. The Morgan fingerprint density at radius 1 is 0.164 bits per heavy atom. The molecule has 672 valence electrons. The fourth-order valence-corrected chi connectivity index (χ4v) is 40.1. The Kier molecular flexibility index (Phi) is 18.9. The Morgan fingerprint density at radius 2 is 0.350 bits per heavy atom. The van der Waals surface area contributed by atoms with E-state index in [1.54, 1.807) is 0 Å². The molecule has 12 nitrogen and oxygen atoms in total. The van der Waals surface area contributed by atoms with Crippen molar-refractivity contribution < 1.29 is 18.9 Å². The summed E-state index contributed by atoms with van der Waals surface area (Å²) in [6, 6.07) is 151. The van der Waals surface area contributed by atoms with Crippen molar-refractivity contribution in [2.45, 2.75) is 55.4 Å². The van der Waals surface area contributed by atoms with E-state index >= 15 is 0 Å². The quantitative estimate of drug-likeness (QED) is 0.136. The summed E-state index contributed by atoms with van der Waals surface area (Å²) in [7, 11) is -8.75. The summed E-state index contributed by atoms with van der Waals surface area (Å²) in [4.78, 5) is 20.0. The van der Waals surface area contributed by atoms with Crippen molar-refractivity contribution in [1.82, 2.24) is 0 Å². The van der Waals surface area contributed by atoms with E-state index in [9.17, 15) is 0 Å². The molecule has 12 heterocycles. The van der Waals surface area contributed by atoms with Crippen LogP contribution in [-0.4, -0.2) is 35.2 Å². The molecule has 0 aliphatic carbocycles. The van der Waals surface area contributed by atoms with Crippen LogP contribution < -0.4 is 120 Å². The Balaban J connectivity index is 0.000000132. The molecule has 0 spiro atoms. The lowest BCUT2D eigenvalue weighted by molar-refractivity contribution is 0.484. The van der Waals surface area contributed by atoms with Gasteiger partial charge in [0.1, 0.15) is 46.0 Å². The third kappa shape index (κ3) is 11.5. The summed E-state index contributed by atoms with van der Waals surface area (Å²) in [5.41, 5.74) is 28.5. The average Bonchev–Trinajstić information content (AvgIpc) is 0.668. The summed E-state index contributed by atoms with van der Waals surface area (Å²) < 4.78 is 29.7. The predicted octanol–water partition coefficient (Wildman–Crippen LogP) is 25.5. The second-order valence-electron chi connectivity index (χ2n) is 37.3. The van der Waals surface area contributed by atoms with Gasteiger partial charge in [0.15, 0.2) is 35.2 Å². The number of rotatable bonds is 8. The van der Waals surface area contributed by atoms with Gasteiger partial charge >= 0.3 is 0 Å². The van der Waals surface area contributed by atoms with Gasteiger partial charge in [0.25, 0.3) is 0 Å². The first kappa shape index (κ1) is 82.8. The van der Waals surface area contributed by atoms with Crippen LogP contribution in [0.1, 0.15) is 55.4 Å². The molecule has 0 fully saturated rings. The largest absolute Gasteiger partial charge is 0.457 e. The van der Waals surface area contributed by atoms with Crippen molar-refractivity contribution in [3.63, 3.8) is 0 Å². The summed E-state index contributed by atoms with van der Waals surface area (Å²) in [5.74, 6) is 7.62. The maximum absolute atomic E-state index is 7.55. The van der Waals surface area contributed by atoms with E-state index in [1.165, 1.54) is 182 Å². The third-order valence-electron chi connectivity index (χ3n) is 29.4. The van der Waals surface area contributed by atoms with E-state index in [-0.39, 0.29) is 14.9 Å². The molecular formula is C124H96N8O4Si4. The molecule has 32 rings (SSSR count). The number of ether oxygens (including phenoxy) is 4. The highest BCUT2D eigenvalue weighted by molar-refractivity contribution is 7.05. The normalized spacial score (nSPS) is 15.9. The van der Waals surface area contributed by atoms with E-state index < -0.39 is 35.2 Å². The minimum absolute atomic E-state index is 0. The number of hydrogen-bond acceptors (Lipinski definition) is 12. The summed E-state index contributed by atoms with van der Waals surface area (Å²) in [6.45, 7) is 8.50. The minimum atomic E-state index is -2.19. The van der Waals surface area contributed by atoms with Gasteiger partial charge in [0, 0.05) is 177 Å². The highest BCUT2D eigenvalue weighted by Gasteiger charge is 2.55. The van der Waals surface area contributed by atoms with E-state index in [0.717, 1.165) is 96.9 Å². The van der Waals surface area contributed by atoms with Crippen LogP contribution >= 0.6 is 0 Å². The first-order chi connectivity index (χ1) is 68.4. The number of nitrogens with zero attached hydrogens (tertiary/aromatic N) is 8. The van der Waals surface area contributed by atoms with Crippen LogP contribution in [0.4, 0.5) is 136 Å². The van der Waals surface area contributed by atoms with Crippen LogP contribution in [0.3, 0.4) is 0 Å². The number of fused-ring (bicyclic) bond motifs is 6. The Morgan fingerprint density at radius 3 is 0.600 bits per heavy atom. The van der Waals surface area contributed by atoms with Gasteiger partial charge in [-0.15, -0.1) is 0 Å². The molecule has 0 amide bonds. The van der Waals surface area contributed by atoms with Gasteiger partial charge in [-0.3, -0.25) is 0 Å². The van der Waals surface area contributed by atoms with E-state index in [2.05, 4.69) is 479 Å². The van der Waals surface area contributed by atoms with E-state index in [1.807, 2.05) is 0 Å². The molecular weight excluding hydrogens is 1780 g/mol.